The van der Waals surface area contributed by atoms with Gasteiger partial charge in [-0.05, 0) is 36.0 Å². The molecule has 0 aromatic carbocycles. The highest BCUT2D eigenvalue weighted by Gasteiger charge is 2.16. The maximum atomic E-state index is 11.6. The van der Waals surface area contributed by atoms with E-state index < -0.39 is 0 Å². The van der Waals surface area contributed by atoms with Gasteiger partial charge in [0.15, 0.2) is 0 Å². The molecule has 0 bridgehead atoms. The molecule has 2 amide bonds. The third-order valence-corrected chi connectivity index (χ3v) is 3.99. The molecule has 0 aliphatic carbocycles. The van der Waals surface area contributed by atoms with Gasteiger partial charge < -0.3 is 10.6 Å². The monoisotopic (exact) mass is 332 g/mol. The van der Waals surface area contributed by atoms with Crippen molar-refractivity contribution in [2.75, 3.05) is 12.8 Å². The van der Waals surface area contributed by atoms with E-state index >= 15 is 0 Å². The van der Waals surface area contributed by atoms with Crippen LogP contribution < -0.4 is 10.6 Å². The lowest BCUT2D eigenvalue weighted by molar-refractivity contribution is 0.239. The number of urea groups is 1. The Bertz CT molecular complexity index is 397. The third kappa shape index (κ3) is 5.68. The molecule has 2 N–H and O–H groups in total. The highest BCUT2D eigenvalue weighted by molar-refractivity contribution is 9.10. The zero-order valence-electron chi connectivity index (χ0n) is 10.7. The van der Waals surface area contributed by atoms with Crippen molar-refractivity contribution < 1.29 is 4.79 Å². The first kappa shape index (κ1) is 15.2. The van der Waals surface area contributed by atoms with E-state index in [0.29, 0.717) is 17.7 Å². The van der Waals surface area contributed by atoms with Crippen LogP contribution in [0.15, 0.2) is 17.0 Å². The molecule has 0 atom stereocenters. The standard InChI is InChI=1S/C11H17BrN4OS/c1-11(2,18-3)7-16-10(17)15-5-8-4-14-9(12)6-13-8/h4,6H,5,7H2,1-3H3,(H2,15,16,17). The van der Waals surface area contributed by atoms with Crippen molar-refractivity contribution in [2.24, 2.45) is 0 Å². The van der Waals surface area contributed by atoms with Gasteiger partial charge in [-0.1, -0.05) is 0 Å². The van der Waals surface area contributed by atoms with E-state index in [1.807, 2.05) is 6.26 Å². The Morgan fingerprint density at radius 2 is 2.11 bits per heavy atom. The van der Waals surface area contributed by atoms with Crippen LogP contribution in [0.2, 0.25) is 0 Å². The van der Waals surface area contributed by atoms with Gasteiger partial charge in [-0.2, -0.15) is 11.8 Å². The average Bonchev–Trinajstić information content (AvgIpc) is 2.36. The Morgan fingerprint density at radius 3 is 2.67 bits per heavy atom. The average molecular weight is 333 g/mol. The number of carbonyl (C=O) groups is 1. The zero-order chi connectivity index (χ0) is 13.6. The van der Waals surface area contributed by atoms with Gasteiger partial charge in [0, 0.05) is 11.3 Å². The number of amides is 2. The quantitative estimate of drug-likeness (QED) is 0.867. The number of nitrogens with zero attached hydrogens (tertiary/aromatic N) is 2. The summed E-state index contributed by atoms with van der Waals surface area (Å²) < 4.78 is 0.715. The third-order valence-electron chi connectivity index (χ3n) is 2.33. The molecule has 100 valence electrons. The first-order valence-electron chi connectivity index (χ1n) is 5.46. The SMILES string of the molecule is CSC(C)(C)CNC(=O)NCc1cnc(Br)cn1. The van der Waals surface area contributed by atoms with Crippen molar-refractivity contribution in [3.63, 3.8) is 0 Å². The summed E-state index contributed by atoms with van der Waals surface area (Å²) in [4.78, 5) is 19.7. The maximum Gasteiger partial charge on any atom is 0.315 e. The minimum atomic E-state index is -0.193. The van der Waals surface area contributed by atoms with Crippen LogP contribution >= 0.6 is 27.7 Å². The van der Waals surface area contributed by atoms with Crippen molar-refractivity contribution in [3.05, 3.63) is 22.7 Å². The number of hydrogen-bond donors (Lipinski definition) is 2. The molecular formula is C11H17BrN4OS. The van der Waals surface area contributed by atoms with Crippen LogP contribution in [0.4, 0.5) is 4.79 Å². The minimum Gasteiger partial charge on any atom is -0.337 e. The van der Waals surface area contributed by atoms with E-state index in [9.17, 15) is 4.79 Å². The lowest BCUT2D eigenvalue weighted by Crippen LogP contribution is -2.41. The fourth-order valence-electron chi connectivity index (χ4n) is 1.03. The van der Waals surface area contributed by atoms with Gasteiger partial charge in [-0.15, -0.1) is 0 Å². The summed E-state index contributed by atoms with van der Waals surface area (Å²) in [6.45, 7) is 5.15. The van der Waals surface area contributed by atoms with Gasteiger partial charge in [-0.3, -0.25) is 4.98 Å². The lowest BCUT2D eigenvalue weighted by Gasteiger charge is -2.22. The molecule has 0 aliphatic heterocycles. The largest absolute Gasteiger partial charge is 0.337 e. The van der Waals surface area contributed by atoms with Gasteiger partial charge in [0.05, 0.1) is 24.6 Å². The summed E-state index contributed by atoms with van der Waals surface area (Å²) in [7, 11) is 0. The van der Waals surface area contributed by atoms with Crippen LogP contribution in [0.1, 0.15) is 19.5 Å². The number of carbonyl (C=O) groups excluding carboxylic acids is 1. The normalized spacial score (nSPS) is 11.1. The fraction of sp³-hybridized carbons (Fsp3) is 0.545. The first-order chi connectivity index (χ1) is 8.43. The molecule has 0 fully saturated rings. The summed E-state index contributed by atoms with van der Waals surface area (Å²) in [6.07, 6.45) is 5.25. The van der Waals surface area contributed by atoms with Crippen LogP contribution in [0.25, 0.3) is 0 Å². The fourth-order valence-corrected chi connectivity index (χ4v) is 1.45. The van der Waals surface area contributed by atoms with Crippen molar-refractivity contribution in [1.82, 2.24) is 20.6 Å². The van der Waals surface area contributed by atoms with E-state index in [4.69, 9.17) is 0 Å². The second-order valence-electron chi connectivity index (χ2n) is 4.33. The van der Waals surface area contributed by atoms with Crippen molar-refractivity contribution >= 4 is 33.7 Å². The predicted molar refractivity (Wildman–Crippen MR) is 77.6 cm³/mol. The lowest BCUT2D eigenvalue weighted by atomic mass is 10.2. The van der Waals surface area contributed by atoms with Gasteiger partial charge in [0.2, 0.25) is 0 Å². The summed E-state index contributed by atoms with van der Waals surface area (Å²) in [5.41, 5.74) is 0.720. The molecule has 1 heterocycles. The van der Waals surface area contributed by atoms with Crippen molar-refractivity contribution in [2.45, 2.75) is 25.1 Å². The molecular weight excluding hydrogens is 316 g/mol. The van der Waals surface area contributed by atoms with Crippen LogP contribution in [-0.2, 0) is 6.54 Å². The Kier molecular flexibility index (Phi) is 5.87. The van der Waals surface area contributed by atoms with Gasteiger partial charge in [-0.25, -0.2) is 9.78 Å². The highest BCUT2D eigenvalue weighted by atomic mass is 79.9. The number of thioether (sulfide) groups is 1. The number of rotatable bonds is 5. The van der Waals surface area contributed by atoms with Crippen LogP contribution in [0.3, 0.4) is 0 Å². The number of aromatic nitrogens is 2. The topological polar surface area (TPSA) is 66.9 Å². The molecule has 0 radical (unpaired) electrons. The summed E-state index contributed by atoms with van der Waals surface area (Å²) >= 11 is 4.92. The van der Waals surface area contributed by atoms with Gasteiger partial charge in [0.1, 0.15) is 4.60 Å². The van der Waals surface area contributed by atoms with Crippen molar-refractivity contribution in [1.29, 1.82) is 0 Å². The predicted octanol–water partition coefficient (Wildman–Crippen LogP) is 2.18. The summed E-state index contributed by atoms with van der Waals surface area (Å²) in [5, 5.41) is 5.57. The van der Waals surface area contributed by atoms with E-state index in [-0.39, 0.29) is 10.8 Å². The molecule has 1 aromatic heterocycles. The Hall–Kier alpha value is -0.820. The Labute approximate surface area is 120 Å². The number of nitrogens with one attached hydrogen (secondary N) is 2. The number of hydrogen-bond acceptors (Lipinski definition) is 4. The highest BCUT2D eigenvalue weighted by Crippen LogP contribution is 2.19. The first-order valence-corrected chi connectivity index (χ1v) is 7.48. The summed E-state index contributed by atoms with van der Waals surface area (Å²) in [5.74, 6) is 0. The van der Waals surface area contributed by atoms with E-state index in [2.05, 4.69) is 50.4 Å². The molecule has 0 aliphatic rings. The second kappa shape index (κ2) is 6.94. The smallest absolute Gasteiger partial charge is 0.315 e. The van der Waals surface area contributed by atoms with E-state index in [0.717, 1.165) is 5.69 Å². The molecule has 18 heavy (non-hydrogen) atoms. The number of halogens is 1. The molecule has 1 aromatic rings. The minimum absolute atomic E-state index is 0.0365. The van der Waals surface area contributed by atoms with Crippen molar-refractivity contribution in [3.8, 4) is 0 Å². The molecule has 0 saturated carbocycles. The van der Waals surface area contributed by atoms with Crippen LogP contribution in [0.5, 0.6) is 0 Å². The molecule has 7 heteroatoms. The Morgan fingerprint density at radius 1 is 1.39 bits per heavy atom. The Balaban J connectivity index is 2.31. The zero-order valence-corrected chi connectivity index (χ0v) is 13.1. The molecule has 1 rings (SSSR count). The van der Waals surface area contributed by atoms with E-state index in [1.165, 1.54) is 0 Å². The molecule has 0 spiro atoms. The van der Waals surface area contributed by atoms with E-state index in [1.54, 1.807) is 24.2 Å². The van der Waals surface area contributed by atoms with Gasteiger partial charge in [0.25, 0.3) is 0 Å². The van der Waals surface area contributed by atoms with Gasteiger partial charge >= 0.3 is 6.03 Å². The summed E-state index contributed by atoms with van der Waals surface area (Å²) in [6, 6.07) is -0.193. The molecule has 0 unspecified atom stereocenters. The molecule has 5 nitrogen and oxygen atoms in total. The molecule has 0 saturated heterocycles. The maximum absolute atomic E-state index is 11.6. The van der Waals surface area contributed by atoms with Crippen LogP contribution in [0, 0.1) is 0 Å². The second-order valence-corrected chi connectivity index (χ2v) is 6.66. The van der Waals surface area contributed by atoms with Crippen LogP contribution in [-0.4, -0.2) is 33.5 Å².